The van der Waals surface area contributed by atoms with E-state index in [0.717, 1.165) is 42.3 Å². The average Bonchev–Trinajstić information content (AvgIpc) is 3.01. The van der Waals surface area contributed by atoms with Crippen molar-refractivity contribution in [2.24, 2.45) is 11.8 Å². The molecule has 46 heavy (non-hydrogen) atoms. The SMILES string of the molecule is CC(C)(C)c1cc(-c2nccc3c2S[Si](C)(C)c2ccccc2-3)[c-]c2ccccc12.CCC(CC)C(=O)/C=C(\O)C(CC)CC.[Ir]. The smallest absolute Gasteiger partial charge is 0.162 e. The molecule has 0 unspecified atom stereocenters. The van der Waals surface area contributed by atoms with Gasteiger partial charge in [0.1, 0.15) is 7.22 Å². The summed E-state index contributed by atoms with van der Waals surface area (Å²) in [6.07, 6.45) is 6.87. The van der Waals surface area contributed by atoms with Crippen LogP contribution in [0.5, 0.6) is 0 Å². The van der Waals surface area contributed by atoms with Gasteiger partial charge in [0.15, 0.2) is 5.78 Å². The molecule has 3 aromatic carbocycles. The van der Waals surface area contributed by atoms with Gasteiger partial charge in [-0.3, -0.25) is 9.78 Å². The molecule has 2 heterocycles. The van der Waals surface area contributed by atoms with Crippen LogP contribution in [0.15, 0.2) is 83.6 Å². The van der Waals surface area contributed by atoms with Gasteiger partial charge in [-0.15, -0.1) is 29.1 Å². The normalized spacial score (nSPS) is 13.8. The number of hydrogen-bond acceptors (Lipinski definition) is 4. The summed E-state index contributed by atoms with van der Waals surface area (Å²) in [6, 6.07) is 25.7. The number of aliphatic hydroxyl groups excluding tert-OH is 1. The van der Waals surface area contributed by atoms with E-state index in [-0.39, 0.29) is 48.9 Å². The second kappa shape index (κ2) is 16.1. The Morgan fingerprint density at radius 3 is 2.15 bits per heavy atom. The van der Waals surface area contributed by atoms with Gasteiger partial charge in [-0.1, -0.05) is 115 Å². The second-order valence-corrected chi connectivity index (χ2v) is 21.4. The van der Waals surface area contributed by atoms with Gasteiger partial charge in [0.05, 0.1) is 5.76 Å². The van der Waals surface area contributed by atoms with Crippen LogP contribution in [-0.2, 0) is 30.3 Å². The fraction of sp³-hybridized carbons (Fsp3) is 0.400. The zero-order chi connectivity index (χ0) is 32.9. The van der Waals surface area contributed by atoms with E-state index in [1.165, 1.54) is 38.2 Å². The molecule has 6 heteroatoms. The molecule has 0 saturated carbocycles. The third kappa shape index (κ3) is 8.31. The molecule has 3 nitrogen and oxygen atoms in total. The molecular weight excluding hydrogens is 779 g/mol. The zero-order valence-electron chi connectivity index (χ0n) is 29.0. The second-order valence-electron chi connectivity index (χ2n) is 13.6. The Balaban J connectivity index is 0.000000309. The van der Waals surface area contributed by atoms with Crippen LogP contribution in [0.3, 0.4) is 0 Å². The quantitative estimate of drug-likeness (QED) is 0.0832. The van der Waals surface area contributed by atoms with E-state index in [9.17, 15) is 9.90 Å². The van der Waals surface area contributed by atoms with Gasteiger partial charge >= 0.3 is 0 Å². The summed E-state index contributed by atoms with van der Waals surface area (Å²) in [5.74, 6) is 0.547. The van der Waals surface area contributed by atoms with Crippen molar-refractivity contribution in [3.63, 3.8) is 0 Å². The number of nitrogens with zero attached hydrogens (tertiary/aromatic N) is 1. The number of carbonyl (C=O) groups is 1. The molecule has 0 spiro atoms. The minimum atomic E-state index is -1.67. The summed E-state index contributed by atoms with van der Waals surface area (Å²) in [5.41, 5.74) is 6.26. The summed E-state index contributed by atoms with van der Waals surface area (Å²) in [4.78, 5) is 17.9. The van der Waals surface area contributed by atoms with E-state index in [1.807, 2.05) is 33.9 Å². The van der Waals surface area contributed by atoms with Crippen molar-refractivity contribution >= 4 is 40.2 Å². The predicted octanol–water partition coefficient (Wildman–Crippen LogP) is 11.1. The first-order valence-corrected chi connectivity index (χ1v) is 21.1. The molecule has 0 atom stereocenters. The third-order valence-electron chi connectivity index (χ3n) is 9.05. The van der Waals surface area contributed by atoms with Crippen LogP contribution in [0.1, 0.15) is 79.7 Å². The van der Waals surface area contributed by atoms with Crippen molar-refractivity contribution in [2.75, 3.05) is 0 Å². The molecule has 0 saturated heterocycles. The number of ketones is 1. The maximum atomic E-state index is 11.7. The summed E-state index contributed by atoms with van der Waals surface area (Å²) in [7, 11) is -1.67. The number of hydrogen-bond donors (Lipinski definition) is 1. The number of aliphatic hydroxyl groups is 1. The van der Waals surface area contributed by atoms with Crippen molar-refractivity contribution < 1.29 is 30.0 Å². The Morgan fingerprint density at radius 1 is 0.913 bits per heavy atom. The summed E-state index contributed by atoms with van der Waals surface area (Å²) >= 11 is 2.05. The molecule has 0 aliphatic carbocycles. The molecular formula is C40H50IrNO2SSi-. The number of aromatic nitrogens is 1. The number of rotatable bonds is 8. The largest absolute Gasteiger partial charge is 0.512 e. The topological polar surface area (TPSA) is 50.2 Å². The van der Waals surface area contributed by atoms with Crippen LogP contribution >= 0.6 is 11.2 Å². The Morgan fingerprint density at radius 2 is 1.52 bits per heavy atom. The van der Waals surface area contributed by atoms with Gasteiger partial charge in [0, 0.05) is 54.8 Å². The Bertz CT molecular complexity index is 1680. The molecule has 5 rings (SSSR count). The molecule has 4 aromatic rings. The van der Waals surface area contributed by atoms with Crippen LogP contribution in [0.2, 0.25) is 13.1 Å². The van der Waals surface area contributed by atoms with Crippen LogP contribution in [0, 0.1) is 17.9 Å². The summed E-state index contributed by atoms with van der Waals surface area (Å²) < 4.78 is 0. The van der Waals surface area contributed by atoms with Crippen molar-refractivity contribution in [1.82, 2.24) is 4.98 Å². The van der Waals surface area contributed by atoms with Gasteiger partial charge in [-0.05, 0) is 53.5 Å². The van der Waals surface area contributed by atoms with E-state index in [0.29, 0.717) is 0 Å². The molecule has 0 bridgehead atoms. The molecule has 1 aliphatic heterocycles. The number of carbonyl (C=O) groups excluding carboxylic acids is 1. The molecule has 247 valence electrons. The Hall–Kier alpha value is -2.50. The van der Waals surface area contributed by atoms with Gasteiger partial charge < -0.3 is 5.11 Å². The molecule has 0 fully saturated rings. The number of fused-ring (bicyclic) bond motifs is 4. The van der Waals surface area contributed by atoms with E-state index in [2.05, 4.69) is 112 Å². The zero-order valence-corrected chi connectivity index (χ0v) is 33.2. The van der Waals surface area contributed by atoms with Crippen molar-refractivity contribution in [3.05, 3.63) is 90.3 Å². The fourth-order valence-corrected chi connectivity index (χ4v) is 11.8. The molecule has 1 aliphatic rings. The van der Waals surface area contributed by atoms with E-state index in [1.54, 1.807) is 0 Å². The van der Waals surface area contributed by atoms with Crippen molar-refractivity contribution in [2.45, 2.75) is 97.6 Å². The number of allylic oxidation sites excluding steroid dienone is 2. The molecule has 0 amide bonds. The van der Waals surface area contributed by atoms with Crippen molar-refractivity contribution in [3.8, 4) is 22.4 Å². The van der Waals surface area contributed by atoms with Crippen LogP contribution in [0.4, 0.5) is 0 Å². The first-order chi connectivity index (χ1) is 21.4. The first-order valence-electron chi connectivity index (χ1n) is 16.5. The fourth-order valence-electron chi connectivity index (χ4n) is 6.27. The van der Waals surface area contributed by atoms with E-state index < -0.39 is 7.22 Å². The monoisotopic (exact) mass is 829 g/mol. The average molecular weight is 829 g/mol. The molecule has 1 aromatic heterocycles. The predicted molar refractivity (Wildman–Crippen MR) is 197 cm³/mol. The maximum absolute atomic E-state index is 11.7. The minimum absolute atomic E-state index is 0. The number of pyridine rings is 1. The van der Waals surface area contributed by atoms with Crippen LogP contribution in [-0.4, -0.2) is 23.1 Å². The van der Waals surface area contributed by atoms with Crippen LogP contribution < -0.4 is 5.19 Å². The number of benzene rings is 3. The van der Waals surface area contributed by atoms with Gasteiger partial charge in [-0.2, -0.15) is 11.2 Å². The van der Waals surface area contributed by atoms with Crippen LogP contribution in [0.25, 0.3) is 33.2 Å². The van der Waals surface area contributed by atoms with Gasteiger partial charge in [-0.25, -0.2) is 0 Å². The van der Waals surface area contributed by atoms with E-state index in [4.69, 9.17) is 4.98 Å². The summed E-state index contributed by atoms with van der Waals surface area (Å²) in [6.45, 7) is 19.8. The maximum Gasteiger partial charge on any atom is 0.162 e. The molecule has 1 N–H and O–H groups in total. The van der Waals surface area contributed by atoms with E-state index >= 15 is 0 Å². The Kier molecular flexibility index (Phi) is 13.3. The third-order valence-corrected chi connectivity index (χ3v) is 14.7. The van der Waals surface area contributed by atoms with Gasteiger partial charge in [0.25, 0.3) is 0 Å². The first kappa shape index (κ1) is 37.9. The molecule has 1 radical (unpaired) electrons. The minimum Gasteiger partial charge on any atom is -0.512 e. The summed E-state index contributed by atoms with van der Waals surface area (Å²) in [5, 5.41) is 13.7. The Labute approximate surface area is 295 Å². The standard InChI is InChI=1S/C27H26NSSi.C13H24O2.Ir/c1-27(2,3)23-17-19(16-18-10-6-7-11-20(18)23)25-26-22(14-15-28-25)21-12-8-9-13-24(21)30(4,5)29-26;1-5-10(6-2)12(14)9-13(15)11(7-3)8-4;/h6-15,17H,1-5H3;9-11,14H,5-8H2,1-4H3;/q-1;;/b;12-9-;. The van der Waals surface area contributed by atoms with Gasteiger partial charge in [0.2, 0.25) is 0 Å². The van der Waals surface area contributed by atoms with Crippen molar-refractivity contribution in [1.29, 1.82) is 0 Å².